The van der Waals surface area contributed by atoms with Crippen molar-refractivity contribution in [3.8, 4) is 0 Å². The van der Waals surface area contributed by atoms with Gasteiger partial charge in [0.15, 0.2) is 0 Å². The van der Waals surface area contributed by atoms with E-state index in [4.69, 9.17) is 5.84 Å². The van der Waals surface area contributed by atoms with E-state index in [0.29, 0.717) is 0 Å². The lowest BCUT2D eigenvalue weighted by molar-refractivity contribution is 0.418. The van der Waals surface area contributed by atoms with Gasteiger partial charge in [0.1, 0.15) is 0 Å². The second-order valence-electron chi connectivity index (χ2n) is 3.02. The van der Waals surface area contributed by atoms with Crippen LogP contribution in [0.3, 0.4) is 0 Å². The summed E-state index contributed by atoms with van der Waals surface area (Å²) in [5.41, 5.74) is 1.99. The number of hydrogen-bond donors (Lipinski definition) is 1. The lowest BCUT2D eigenvalue weighted by Crippen LogP contribution is -2.24. The zero-order valence-corrected chi connectivity index (χ0v) is 8.64. The first-order valence-electron chi connectivity index (χ1n) is 4.52. The summed E-state index contributed by atoms with van der Waals surface area (Å²) in [6, 6.07) is 0. The molecule has 0 radical (unpaired) electrons. The Morgan fingerprint density at radius 2 is 2.50 bits per heavy atom. The van der Waals surface area contributed by atoms with Gasteiger partial charge in [0.05, 0.1) is 6.20 Å². The van der Waals surface area contributed by atoms with E-state index in [0.717, 1.165) is 17.7 Å². The normalized spacial score (nSPS) is 11.5. The number of aryl methyl sites for hydroxylation is 1. The summed E-state index contributed by atoms with van der Waals surface area (Å²) < 4.78 is 1.75. The van der Waals surface area contributed by atoms with Gasteiger partial charge in [-0.15, -0.1) is 0 Å². The second kappa shape index (κ2) is 4.62. The minimum atomic E-state index is 0.762. The third-order valence-corrected chi connectivity index (χ3v) is 1.93. The van der Waals surface area contributed by atoms with Gasteiger partial charge in [-0.25, -0.2) is 5.84 Å². The summed E-state index contributed by atoms with van der Waals surface area (Å²) >= 11 is 0. The maximum Gasteiger partial charge on any atom is 0.0568 e. The van der Waals surface area contributed by atoms with Crippen LogP contribution in [0.25, 0.3) is 5.57 Å². The van der Waals surface area contributed by atoms with Crippen molar-refractivity contribution in [2.24, 2.45) is 12.9 Å². The smallest absolute Gasteiger partial charge is 0.0568 e. The van der Waals surface area contributed by atoms with E-state index in [2.05, 4.69) is 11.7 Å². The number of hydrogen-bond acceptors (Lipinski definition) is 3. The molecule has 4 heteroatoms. The third kappa shape index (κ3) is 2.47. The first-order chi connectivity index (χ1) is 6.67. The molecule has 0 aliphatic heterocycles. The molecule has 0 unspecified atom stereocenters. The van der Waals surface area contributed by atoms with Crippen LogP contribution in [0.15, 0.2) is 31.2 Å². The Hall–Kier alpha value is -1.55. The summed E-state index contributed by atoms with van der Waals surface area (Å²) in [5.74, 6) is 5.68. The molecule has 0 aliphatic rings. The minimum Gasteiger partial charge on any atom is -0.318 e. The van der Waals surface area contributed by atoms with E-state index in [1.165, 1.54) is 0 Å². The van der Waals surface area contributed by atoms with Crippen molar-refractivity contribution < 1.29 is 0 Å². The van der Waals surface area contributed by atoms with Crippen molar-refractivity contribution in [3.05, 3.63) is 36.8 Å². The van der Waals surface area contributed by atoms with Crippen molar-refractivity contribution in [1.29, 1.82) is 0 Å². The van der Waals surface area contributed by atoms with Gasteiger partial charge in [-0.1, -0.05) is 12.7 Å². The third-order valence-electron chi connectivity index (χ3n) is 1.93. The van der Waals surface area contributed by atoms with Crippen molar-refractivity contribution in [2.75, 3.05) is 6.54 Å². The van der Waals surface area contributed by atoms with Gasteiger partial charge >= 0.3 is 0 Å². The lowest BCUT2D eigenvalue weighted by Gasteiger charge is -2.11. The molecule has 0 amide bonds. The first kappa shape index (κ1) is 10.5. The second-order valence-corrected chi connectivity index (χ2v) is 3.02. The Bertz CT molecular complexity index is 338. The van der Waals surface area contributed by atoms with Crippen molar-refractivity contribution in [2.45, 2.75) is 6.92 Å². The number of aromatic nitrogens is 2. The largest absolute Gasteiger partial charge is 0.318 e. The Morgan fingerprint density at radius 1 is 1.79 bits per heavy atom. The van der Waals surface area contributed by atoms with Crippen molar-refractivity contribution in [3.63, 3.8) is 0 Å². The Morgan fingerprint density at radius 3 is 2.93 bits per heavy atom. The highest BCUT2D eigenvalue weighted by molar-refractivity contribution is 5.72. The van der Waals surface area contributed by atoms with E-state index < -0.39 is 0 Å². The summed E-state index contributed by atoms with van der Waals surface area (Å²) in [6.07, 6.45) is 7.34. The molecular formula is C10H16N4. The molecular weight excluding hydrogens is 176 g/mol. The van der Waals surface area contributed by atoms with Crippen LogP contribution < -0.4 is 5.84 Å². The predicted octanol–water partition coefficient (Wildman–Crippen LogP) is 1.14. The summed E-state index contributed by atoms with van der Waals surface area (Å²) in [7, 11) is 1.88. The quantitative estimate of drug-likeness (QED) is 0.442. The molecule has 1 aromatic heterocycles. The summed E-state index contributed by atoms with van der Waals surface area (Å²) in [5, 5.41) is 5.70. The van der Waals surface area contributed by atoms with Crippen LogP contribution in [0.2, 0.25) is 0 Å². The van der Waals surface area contributed by atoms with Gasteiger partial charge in [-0.05, 0) is 6.92 Å². The maximum absolute atomic E-state index is 5.68. The first-order valence-corrected chi connectivity index (χ1v) is 4.52. The highest BCUT2D eigenvalue weighted by Gasteiger charge is 2.00. The molecule has 2 N–H and O–H groups in total. The van der Waals surface area contributed by atoms with Gasteiger partial charge in [-0.3, -0.25) is 4.68 Å². The zero-order valence-electron chi connectivity index (χ0n) is 8.64. The molecule has 0 aliphatic carbocycles. The fourth-order valence-electron chi connectivity index (χ4n) is 1.09. The van der Waals surface area contributed by atoms with E-state index in [1.54, 1.807) is 22.0 Å². The highest BCUT2D eigenvalue weighted by Crippen LogP contribution is 2.13. The molecule has 4 nitrogen and oxygen atoms in total. The average molecular weight is 192 g/mol. The van der Waals surface area contributed by atoms with Crippen LogP contribution in [0.1, 0.15) is 12.5 Å². The highest BCUT2D eigenvalue weighted by atomic mass is 15.4. The minimum absolute atomic E-state index is 0.762. The maximum atomic E-state index is 5.68. The fraction of sp³-hybridized carbons (Fsp3) is 0.300. The molecule has 1 heterocycles. The molecule has 1 aromatic rings. The molecule has 0 fully saturated rings. The van der Waals surface area contributed by atoms with E-state index in [-0.39, 0.29) is 0 Å². The van der Waals surface area contributed by atoms with Crippen molar-refractivity contribution in [1.82, 2.24) is 14.8 Å². The van der Waals surface area contributed by atoms with Crippen LogP contribution in [0, 0.1) is 0 Å². The van der Waals surface area contributed by atoms with Crippen LogP contribution >= 0.6 is 0 Å². The Kier molecular flexibility index (Phi) is 3.48. The number of rotatable bonds is 4. The van der Waals surface area contributed by atoms with E-state index in [1.807, 2.05) is 26.4 Å². The number of nitrogens with two attached hydrogens (primary N) is 1. The number of allylic oxidation sites excluding steroid dienone is 2. The molecule has 1 rings (SSSR count). The Labute approximate surface area is 84.3 Å². The van der Waals surface area contributed by atoms with E-state index in [9.17, 15) is 0 Å². The average Bonchev–Trinajstić information content (AvgIpc) is 2.60. The van der Waals surface area contributed by atoms with Crippen LogP contribution in [0.5, 0.6) is 0 Å². The molecule has 0 aromatic carbocycles. The summed E-state index contributed by atoms with van der Waals surface area (Å²) in [4.78, 5) is 0. The SMILES string of the molecule is C=C/C(=C\N(N)CC)c1cnn(C)c1. The predicted molar refractivity (Wildman–Crippen MR) is 57.9 cm³/mol. The molecule has 0 spiro atoms. The van der Waals surface area contributed by atoms with E-state index >= 15 is 0 Å². The number of hydrazine groups is 1. The fourth-order valence-corrected chi connectivity index (χ4v) is 1.09. The monoisotopic (exact) mass is 192 g/mol. The molecule has 0 saturated heterocycles. The molecule has 0 saturated carbocycles. The van der Waals surface area contributed by atoms with Crippen LogP contribution in [-0.4, -0.2) is 21.3 Å². The van der Waals surface area contributed by atoms with Gasteiger partial charge < -0.3 is 5.01 Å². The van der Waals surface area contributed by atoms with Crippen molar-refractivity contribution >= 4 is 5.57 Å². The number of nitrogens with zero attached hydrogens (tertiary/aromatic N) is 3. The standard InChI is InChI=1S/C10H16N4/c1-4-9(8-14(11)5-2)10-6-12-13(3)7-10/h4,6-8H,1,5,11H2,2-3H3/b9-8+. The van der Waals surface area contributed by atoms with Crippen LogP contribution in [-0.2, 0) is 7.05 Å². The van der Waals surface area contributed by atoms with Gasteiger partial charge in [0.25, 0.3) is 0 Å². The molecule has 0 bridgehead atoms. The zero-order chi connectivity index (χ0) is 10.6. The Balaban J connectivity index is 2.92. The van der Waals surface area contributed by atoms with Gasteiger partial charge in [-0.2, -0.15) is 5.10 Å². The molecule has 0 atom stereocenters. The molecule has 76 valence electrons. The topological polar surface area (TPSA) is 47.1 Å². The molecule has 14 heavy (non-hydrogen) atoms. The van der Waals surface area contributed by atoms with Crippen LogP contribution in [0.4, 0.5) is 0 Å². The van der Waals surface area contributed by atoms with Gasteiger partial charge in [0.2, 0.25) is 0 Å². The lowest BCUT2D eigenvalue weighted by atomic mass is 10.1. The van der Waals surface area contributed by atoms with Gasteiger partial charge in [0, 0.05) is 37.1 Å². The summed E-state index contributed by atoms with van der Waals surface area (Å²) in [6.45, 7) is 6.49.